The number of aromatic nitrogens is 1. The van der Waals surface area contributed by atoms with Gasteiger partial charge in [0.05, 0.1) is 0 Å². The summed E-state index contributed by atoms with van der Waals surface area (Å²) in [5.74, 6) is 0. The Bertz CT molecular complexity index is 523. The zero-order valence-electron chi connectivity index (χ0n) is 11.4. The Morgan fingerprint density at radius 3 is 2.63 bits per heavy atom. The number of halogens is 1. The fraction of sp³-hybridized carbons (Fsp3) is 0.312. The van der Waals surface area contributed by atoms with Gasteiger partial charge in [0.25, 0.3) is 0 Å². The lowest BCUT2D eigenvalue weighted by atomic mass is 10.00. The second-order valence-corrected chi connectivity index (χ2v) is 5.49. The largest absolute Gasteiger partial charge is 0.310 e. The number of aryl methyl sites for hydroxylation is 1. The van der Waals surface area contributed by atoms with Crippen molar-refractivity contribution in [1.82, 2.24) is 10.3 Å². The van der Waals surface area contributed by atoms with Crippen molar-refractivity contribution < 1.29 is 0 Å². The Hall–Kier alpha value is -1.19. The number of hydrogen-bond donors (Lipinski definition) is 1. The fourth-order valence-electron chi connectivity index (χ4n) is 2.12. The molecule has 1 N–H and O–H groups in total. The highest BCUT2D eigenvalue weighted by Gasteiger charge is 2.12. The number of benzene rings is 1. The lowest BCUT2D eigenvalue weighted by molar-refractivity contribution is 0.547. The number of rotatable bonds is 5. The first-order chi connectivity index (χ1) is 9.20. The highest BCUT2D eigenvalue weighted by molar-refractivity contribution is 9.10. The molecule has 1 unspecified atom stereocenters. The quantitative estimate of drug-likeness (QED) is 0.899. The minimum absolute atomic E-state index is 0.303. The van der Waals surface area contributed by atoms with Gasteiger partial charge >= 0.3 is 0 Å². The summed E-state index contributed by atoms with van der Waals surface area (Å²) in [5.41, 5.74) is 3.61. The van der Waals surface area contributed by atoms with Crippen molar-refractivity contribution in [3.63, 3.8) is 0 Å². The van der Waals surface area contributed by atoms with E-state index in [1.54, 1.807) is 0 Å². The third-order valence-corrected chi connectivity index (χ3v) is 3.94. The van der Waals surface area contributed by atoms with Crippen LogP contribution >= 0.6 is 15.9 Å². The first-order valence-electron chi connectivity index (χ1n) is 6.60. The van der Waals surface area contributed by atoms with Crippen LogP contribution < -0.4 is 5.32 Å². The van der Waals surface area contributed by atoms with Crippen LogP contribution in [0.1, 0.15) is 29.8 Å². The number of nitrogens with one attached hydrogen (secondary N) is 1. The van der Waals surface area contributed by atoms with Crippen molar-refractivity contribution in [2.45, 2.75) is 26.3 Å². The van der Waals surface area contributed by atoms with Crippen LogP contribution in [0.15, 0.2) is 47.1 Å². The van der Waals surface area contributed by atoms with Crippen LogP contribution in [0.5, 0.6) is 0 Å². The zero-order valence-corrected chi connectivity index (χ0v) is 12.9. The molecule has 0 amide bonds. The minimum atomic E-state index is 0.303. The van der Waals surface area contributed by atoms with Gasteiger partial charge in [0.15, 0.2) is 0 Å². The van der Waals surface area contributed by atoms with E-state index < -0.39 is 0 Å². The second-order valence-electron chi connectivity index (χ2n) is 4.64. The van der Waals surface area contributed by atoms with Crippen molar-refractivity contribution >= 4 is 15.9 Å². The van der Waals surface area contributed by atoms with Gasteiger partial charge in [-0.15, -0.1) is 0 Å². The molecule has 0 bridgehead atoms. The predicted molar refractivity (Wildman–Crippen MR) is 83.2 cm³/mol. The van der Waals surface area contributed by atoms with Gasteiger partial charge in [-0.25, -0.2) is 0 Å². The maximum Gasteiger partial charge on any atom is 0.0376 e. The predicted octanol–water partition coefficient (Wildman–Crippen LogP) is 4.05. The van der Waals surface area contributed by atoms with Crippen molar-refractivity contribution in [3.05, 3.63) is 63.9 Å². The standard InChI is InChI=1S/C16H19BrN2/c1-3-18-16(14-9-8-12(2)19-11-14)10-13-6-4-5-7-15(13)17/h4-9,11,16,18H,3,10H2,1-2H3. The van der Waals surface area contributed by atoms with Gasteiger partial charge in [-0.05, 0) is 43.1 Å². The summed E-state index contributed by atoms with van der Waals surface area (Å²) in [6.45, 7) is 5.09. The molecule has 2 rings (SSSR count). The van der Waals surface area contributed by atoms with E-state index in [4.69, 9.17) is 0 Å². The molecule has 0 aliphatic rings. The first-order valence-corrected chi connectivity index (χ1v) is 7.39. The Morgan fingerprint density at radius 2 is 2.00 bits per heavy atom. The maximum atomic E-state index is 4.39. The SMILES string of the molecule is CCNC(Cc1ccccc1Br)c1ccc(C)nc1. The van der Waals surface area contributed by atoms with Crippen LogP contribution in [0.3, 0.4) is 0 Å². The van der Waals surface area contributed by atoms with E-state index in [9.17, 15) is 0 Å². The second kappa shape index (κ2) is 6.83. The number of likely N-dealkylation sites (N-methyl/N-ethyl adjacent to an activating group) is 1. The third kappa shape index (κ3) is 3.88. The minimum Gasteiger partial charge on any atom is -0.310 e. The zero-order chi connectivity index (χ0) is 13.7. The van der Waals surface area contributed by atoms with Crippen LogP contribution in [0.2, 0.25) is 0 Å². The van der Waals surface area contributed by atoms with Crippen LogP contribution in [-0.4, -0.2) is 11.5 Å². The summed E-state index contributed by atoms with van der Waals surface area (Å²) >= 11 is 3.62. The highest BCUT2D eigenvalue weighted by Crippen LogP contribution is 2.23. The molecule has 0 aliphatic carbocycles. The molecule has 1 aromatic heterocycles. The average Bonchev–Trinajstić information content (AvgIpc) is 2.42. The molecule has 1 atom stereocenters. The molecule has 0 radical (unpaired) electrons. The highest BCUT2D eigenvalue weighted by atomic mass is 79.9. The molecule has 3 heteroatoms. The molecular weight excluding hydrogens is 300 g/mol. The van der Waals surface area contributed by atoms with Crippen LogP contribution in [0, 0.1) is 6.92 Å². The molecule has 0 aliphatic heterocycles. The summed E-state index contributed by atoms with van der Waals surface area (Å²) in [7, 11) is 0. The van der Waals surface area contributed by atoms with Gasteiger partial charge < -0.3 is 5.32 Å². The van der Waals surface area contributed by atoms with Crippen molar-refractivity contribution in [3.8, 4) is 0 Å². The number of nitrogens with zero attached hydrogens (tertiary/aromatic N) is 1. The maximum absolute atomic E-state index is 4.39. The van der Waals surface area contributed by atoms with Gasteiger partial charge in [0.1, 0.15) is 0 Å². The molecule has 0 fully saturated rings. The van der Waals surface area contributed by atoms with Crippen LogP contribution in [-0.2, 0) is 6.42 Å². The van der Waals surface area contributed by atoms with E-state index in [0.717, 1.165) is 23.1 Å². The van der Waals surface area contributed by atoms with Crippen molar-refractivity contribution in [2.75, 3.05) is 6.54 Å². The van der Waals surface area contributed by atoms with Gasteiger partial charge in [-0.2, -0.15) is 0 Å². The lowest BCUT2D eigenvalue weighted by Gasteiger charge is -2.19. The Labute approximate surface area is 123 Å². The van der Waals surface area contributed by atoms with Gasteiger partial charge in [0, 0.05) is 22.4 Å². The van der Waals surface area contributed by atoms with Crippen molar-refractivity contribution in [1.29, 1.82) is 0 Å². The number of hydrogen-bond acceptors (Lipinski definition) is 2. The van der Waals surface area contributed by atoms with Crippen molar-refractivity contribution in [2.24, 2.45) is 0 Å². The molecule has 2 nitrogen and oxygen atoms in total. The molecule has 0 saturated carbocycles. The molecule has 19 heavy (non-hydrogen) atoms. The van der Waals surface area contributed by atoms with E-state index in [1.165, 1.54) is 11.1 Å². The Kier molecular flexibility index (Phi) is 5.11. The smallest absolute Gasteiger partial charge is 0.0376 e. The lowest BCUT2D eigenvalue weighted by Crippen LogP contribution is -2.23. The third-order valence-electron chi connectivity index (χ3n) is 3.17. The van der Waals surface area contributed by atoms with E-state index >= 15 is 0 Å². The van der Waals surface area contributed by atoms with Gasteiger partial charge in [-0.1, -0.05) is 47.1 Å². The van der Waals surface area contributed by atoms with Gasteiger partial charge in [0.2, 0.25) is 0 Å². The summed E-state index contributed by atoms with van der Waals surface area (Å²) in [4.78, 5) is 4.39. The number of pyridine rings is 1. The molecule has 100 valence electrons. The molecule has 2 aromatic rings. The fourth-order valence-corrected chi connectivity index (χ4v) is 2.57. The monoisotopic (exact) mass is 318 g/mol. The Morgan fingerprint density at radius 1 is 1.21 bits per heavy atom. The van der Waals surface area contributed by atoms with Crippen LogP contribution in [0.25, 0.3) is 0 Å². The van der Waals surface area contributed by atoms with E-state index in [1.807, 2.05) is 19.2 Å². The van der Waals surface area contributed by atoms with Gasteiger partial charge in [-0.3, -0.25) is 4.98 Å². The molecule has 1 heterocycles. The molecule has 0 saturated heterocycles. The molecular formula is C16H19BrN2. The Balaban J connectivity index is 2.21. The molecule has 1 aromatic carbocycles. The summed E-state index contributed by atoms with van der Waals surface area (Å²) in [6.07, 6.45) is 2.93. The average molecular weight is 319 g/mol. The topological polar surface area (TPSA) is 24.9 Å². The van der Waals surface area contributed by atoms with E-state index in [2.05, 4.69) is 63.5 Å². The first kappa shape index (κ1) is 14.2. The molecule has 0 spiro atoms. The normalized spacial score (nSPS) is 12.4. The van der Waals surface area contributed by atoms with Crippen LogP contribution in [0.4, 0.5) is 0 Å². The van der Waals surface area contributed by atoms with E-state index in [-0.39, 0.29) is 0 Å². The van der Waals surface area contributed by atoms with E-state index in [0.29, 0.717) is 6.04 Å². The summed E-state index contributed by atoms with van der Waals surface area (Å²) in [5, 5.41) is 3.53. The summed E-state index contributed by atoms with van der Waals surface area (Å²) in [6, 6.07) is 12.9. The summed E-state index contributed by atoms with van der Waals surface area (Å²) < 4.78 is 1.16.